The molecule has 2 aromatic rings. The van der Waals surface area contributed by atoms with Gasteiger partial charge in [0.05, 0.1) is 23.4 Å². The first kappa shape index (κ1) is 26.0. The first-order valence-electron chi connectivity index (χ1n) is 11.2. The van der Waals surface area contributed by atoms with Crippen LogP contribution in [0.5, 0.6) is 5.75 Å². The smallest absolute Gasteiger partial charge is 0.243 e. The van der Waals surface area contributed by atoms with Crippen molar-refractivity contribution < 1.29 is 26.4 Å². The maximum absolute atomic E-state index is 12.6. The highest BCUT2D eigenvalue weighted by molar-refractivity contribution is 7.92. The number of rotatable bonds is 11. The molecule has 1 aliphatic heterocycles. The van der Waals surface area contributed by atoms with E-state index in [2.05, 4.69) is 5.32 Å². The van der Waals surface area contributed by atoms with Crippen LogP contribution in [0.1, 0.15) is 25.3 Å². The summed E-state index contributed by atoms with van der Waals surface area (Å²) in [6, 6.07) is 13.3. The van der Waals surface area contributed by atoms with E-state index in [1.54, 1.807) is 24.3 Å². The molecule has 34 heavy (non-hydrogen) atoms. The van der Waals surface area contributed by atoms with Crippen molar-refractivity contribution in [3.05, 3.63) is 54.1 Å². The van der Waals surface area contributed by atoms with Crippen LogP contribution < -0.4 is 14.4 Å². The molecule has 1 saturated heterocycles. The second kappa shape index (κ2) is 11.2. The summed E-state index contributed by atoms with van der Waals surface area (Å²) in [5.74, 6) is 0.0243. The van der Waals surface area contributed by atoms with Crippen LogP contribution in [0.3, 0.4) is 0 Å². The van der Waals surface area contributed by atoms with Gasteiger partial charge in [-0.15, -0.1) is 0 Å². The maximum Gasteiger partial charge on any atom is 0.243 e. The number of hydrogen-bond donors (Lipinski definition) is 1. The van der Waals surface area contributed by atoms with Crippen molar-refractivity contribution in [3.63, 3.8) is 0 Å². The van der Waals surface area contributed by atoms with E-state index in [0.29, 0.717) is 30.9 Å². The number of nitrogens with zero attached hydrogens (tertiary/aromatic N) is 2. The van der Waals surface area contributed by atoms with E-state index in [9.17, 15) is 21.6 Å². The fourth-order valence-corrected chi connectivity index (χ4v) is 6.17. The van der Waals surface area contributed by atoms with Gasteiger partial charge < -0.3 is 10.1 Å². The molecular weight excluding hydrogens is 478 g/mol. The van der Waals surface area contributed by atoms with Gasteiger partial charge in [-0.25, -0.2) is 16.8 Å². The van der Waals surface area contributed by atoms with Gasteiger partial charge in [-0.05, 0) is 55.2 Å². The van der Waals surface area contributed by atoms with Crippen molar-refractivity contribution in [1.29, 1.82) is 0 Å². The molecular formula is C23H31N3O6S2. The van der Waals surface area contributed by atoms with E-state index in [0.717, 1.165) is 29.0 Å². The lowest BCUT2D eigenvalue weighted by molar-refractivity contribution is -0.119. The van der Waals surface area contributed by atoms with Crippen LogP contribution in [0, 0.1) is 0 Å². The molecule has 1 amide bonds. The molecule has 1 N–H and O–H groups in total. The summed E-state index contributed by atoms with van der Waals surface area (Å²) in [7, 11) is -7.13. The van der Waals surface area contributed by atoms with E-state index < -0.39 is 26.0 Å². The predicted molar refractivity (Wildman–Crippen MR) is 131 cm³/mol. The zero-order valence-corrected chi connectivity index (χ0v) is 21.1. The summed E-state index contributed by atoms with van der Waals surface area (Å²) in [5, 5.41) is 2.66. The Morgan fingerprint density at radius 2 is 1.68 bits per heavy atom. The molecule has 0 atom stereocenters. The van der Waals surface area contributed by atoms with Crippen LogP contribution >= 0.6 is 0 Å². The third-order valence-corrected chi connectivity index (χ3v) is 8.59. The highest BCUT2D eigenvalue weighted by atomic mass is 32.2. The van der Waals surface area contributed by atoms with Gasteiger partial charge in [0.25, 0.3) is 0 Å². The number of hydrogen-bond acceptors (Lipinski definition) is 6. The summed E-state index contributed by atoms with van der Waals surface area (Å²) in [5.41, 5.74) is 1.32. The Hall–Kier alpha value is -2.63. The molecule has 186 valence electrons. The molecule has 0 radical (unpaired) electrons. The van der Waals surface area contributed by atoms with Gasteiger partial charge >= 0.3 is 0 Å². The van der Waals surface area contributed by atoms with Crippen LogP contribution in [-0.2, 0) is 31.3 Å². The van der Waals surface area contributed by atoms with Crippen LogP contribution in [-0.4, -0.2) is 66.1 Å². The van der Waals surface area contributed by atoms with E-state index in [1.165, 1.54) is 16.4 Å². The molecule has 11 heteroatoms. The highest BCUT2D eigenvalue weighted by Gasteiger charge is 2.27. The Labute approximate surface area is 201 Å². The number of sulfonamides is 2. The van der Waals surface area contributed by atoms with Gasteiger partial charge in [0.2, 0.25) is 26.0 Å². The van der Waals surface area contributed by atoms with Gasteiger partial charge in [-0.3, -0.25) is 9.10 Å². The summed E-state index contributed by atoms with van der Waals surface area (Å²) >= 11 is 0. The third kappa shape index (κ3) is 6.49. The summed E-state index contributed by atoms with van der Waals surface area (Å²) < 4.78 is 57.9. The molecule has 0 bridgehead atoms. The normalized spacial score (nSPS) is 14.6. The highest BCUT2D eigenvalue weighted by Crippen LogP contribution is 2.24. The molecule has 2 aromatic carbocycles. The van der Waals surface area contributed by atoms with Crippen molar-refractivity contribution in [2.45, 2.75) is 31.1 Å². The number of amides is 1. The van der Waals surface area contributed by atoms with Gasteiger partial charge in [0.1, 0.15) is 18.9 Å². The zero-order chi connectivity index (χ0) is 24.8. The van der Waals surface area contributed by atoms with Crippen molar-refractivity contribution in [3.8, 4) is 5.75 Å². The Morgan fingerprint density at radius 1 is 1.03 bits per heavy atom. The minimum Gasteiger partial charge on any atom is -0.492 e. The topological polar surface area (TPSA) is 113 Å². The number of ether oxygens (including phenoxy) is 1. The lowest BCUT2D eigenvalue weighted by Crippen LogP contribution is -2.41. The molecule has 1 fully saturated rings. The lowest BCUT2D eigenvalue weighted by atomic mass is 10.1. The Kier molecular flexibility index (Phi) is 8.56. The van der Waals surface area contributed by atoms with Crippen molar-refractivity contribution in [2.24, 2.45) is 0 Å². The zero-order valence-electron chi connectivity index (χ0n) is 19.4. The van der Waals surface area contributed by atoms with Crippen molar-refractivity contribution >= 4 is 31.6 Å². The number of carbonyl (C=O) groups is 1. The van der Waals surface area contributed by atoms with Gasteiger partial charge in [-0.1, -0.05) is 25.1 Å². The van der Waals surface area contributed by atoms with Crippen molar-refractivity contribution in [1.82, 2.24) is 9.62 Å². The predicted octanol–water partition coefficient (Wildman–Crippen LogP) is 1.99. The van der Waals surface area contributed by atoms with E-state index in [4.69, 9.17) is 4.74 Å². The molecule has 3 rings (SSSR count). The summed E-state index contributed by atoms with van der Waals surface area (Å²) in [4.78, 5) is 12.6. The second-order valence-electron chi connectivity index (χ2n) is 8.03. The fraction of sp³-hybridized carbons (Fsp3) is 0.435. The number of benzene rings is 2. The average Bonchev–Trinajstić information content (AvgIpc) is 3.36. The minimum atomic E-state index is -3.65. The molecule has 0 saturated carbocycles. The molecule has 9 nitrogen and oxygen atoms in total. The van der Waals surface area contributed by atoms with Crippen LogP contribution in [0.25, 0.3) is 0 Å². The monoisotopic (exact) mass is 509 g/mol. The Balaban J connectivity index is 1.51. The van der Waals surface area contributed by atoms with Gasteiger partial charge in [0.15, 0.2) is 0 Å². The third-order valence-electron chi connectivity index (χ3n) is 5.55. The van der Waals surface area contributed by atoms with Crippen LogP contribution in [0.15, 0.2) is 53.4 Å². The molecule has 0 spiro atoms. The number of aryl methyl sites for hydroxylation is 1. The SMILES string of the molecule is CCc1ccccc1N(CC(=O)NCCOc1ccc(S(=O)(=O)N2CCCC2)cc1)S(C)(=O)=O. The Morgan fingerprint density at radius 3 is 2.29 bits per heavy atom. The van der Waals surface area contributed by atoms with E-state index >= 15 is 0 Å². The molecule has 0 aliphatic carbocycles. The summed E-state index contributed by atoms with van der Waals surface area (Å²) in [6.07, 6.45) is 3.46. The number of nitrogens with one attached hydrogen (secondary N) is 1. The number of carbonyl (C=O) groups excluding carboxylic acids is 1. The molecule has 1 heterocycles. The summed E-state index contributed by atoms with van der Waals surface area (Å²) in [6.45, 7) is 2.99. The second-order valence-corrected chi connectivity index (χ2v) is 11.9. The quantitative estimate of drug-likeness (QED) is 0.464. The van der Waals surface area contributed by atoms with Crippen LogP contribution in [0.2, 0.25) is 0 Å². The molecule has 1 aliphatic rings. The molecule has 0 unspecified atom stereocenters. The van der Waals surface area contributed by atoms with Crippen molar-refractivity contribution in [2.75, 3.05) is 43.3 Å². The van der Waals surface area contributed by atoms with Crippen LogP contribution in [0.4, 0.5) is 5.69 Å². The first-order chi connectivity index (χ1) is 16.1. The van der Waals surface area contributed by atoms with E-state index in [1.807, 2.05) is 19.1 Å². The maximum atomic E-state index is 12.6. The minimum absolute atomic E-state index is 0.147. The van der Waals surface area contributed by atoms with Gasteiger partial charge in [0, 0.05) is 13.1 Å². The average molecular weight is 510 g/mol. The van der Waals surface area contributed by atoms with Gasteiger partial charge in [-0.2, -0.15) is 4.31 Å². The first-order valence-corrected chi connectivity index (χ1v) is 14.5. The Bertz CT molecular complexity index is 1190. The number of para-hydroxylation sites is 1. The number of anilines is 1. The largest absolute Gasteiger partial charge is 0.492 e. The standard InChI is InChI=1S/C23H31N3O6S2/c1-3-19-8-4-5-9-22(19)26(33(2,28)29)18-23(27)24-14-17-32-20-10-12-21(13-11-20)34(30,31)25-15-6-7-16-25/h4-5,8-13H,3,6-7,14-18H2,1-2H3,(H,24,27). The molecule has 0 aromatic heterocycles. The lowest BCUT2D eigenvalue weighted by Gasteiger charge is -2.24. The fourth-order valence-electron chi connectivity index (χ4n) is 3.77. The van der Waals surface area contributed by atoms with E-state index in [-0.39, 0.29) is 24.6 Å².